The Morgan fingerprint density at radius 1 is 1.24 bits per heavy atom. The van der Waals surface area contributed by atoms with Crippen LogP contribution in [-0.2, 0) is 4.74 Å². The van der Waals surface area contributed by atoms with Gasteiger partial charge in [-0.05, 0) is 52.0 Å². The molecule has 2 heteroatoms. The van der Waals surface area contributed by atoms with E-state index in [2.05, 4.69) is 26.1 Å². The fraction of sp³-hybridized carbons (Fsp3) is 1.00. The minimum Gasteiger partial charge on any atom is -0.379 e. The maximum absolute atomic E-state index is 5.53. The van der Waals surface area contributed by atoms with E-state index >= 15 is 0 Å². The van der Waals surface area contributed by atoms with Crippen LogP contribution in [0.25, 0.3) is 0 Å². The van der Waals surface area contributed by atoms with E-state index in [-0.39, 0.29) is 5.60 Å². The van der Waals surface area contributed by atoms with Crippen LogP contribution in [0.5, 0.6) is 0 Å². The highest BCUT2D eigenvalue weighted by Gasteiger charge is 2.25. The Hall–Kier alpha value is -0.0800. The smallest absolute Gasteiger partial charge is 0.0623 e. The van der Waals surface area contributed by atoms with Crippen molar-refractivity contribution in [1.82, 2.24) is 5.32 Å². The molecule has 0 bridgehead atoms. The summed E-state index contributed by atoms with van der Waals surface area (Å²) in [6.07, 6.45) is 9.55. The number of rotatable bonds is 7. The Kier molecular flexibility index (Phi) is 6.50. The molecule has 2 nitrogen and oxygen atoms in total. The van der Waals surface area contributed by atoms with E-state index in [4.69, 9.17) is 4.74 Å². The molecule has 102 valence electrons. The van der Waals surface area contributed by atoms with Crippen LogP contribution in [0.4, 0.5) is 0 Å². The number of hydrogen-bond donors (Lipinski definition) is 1. The predicted molar refractivity (Wildman–Crippen MR) is 74.4 cm³/mol. The van der Waals surface area contributed by atoms with Gasteiger partial charge in [-0.3, -0.25) is 0 Å². The molecule has 0 aromatic carbocycles. The molecule has 17 heavy (non-hydrogen) atoms. The topological polar surface area (TPSA) is 21.3 Å². The molecule has 1 aliphatic rings. The third-order valence-corrected chi connectivity index (χ3v) is 4.30. The summed E-state index contributed by atoms with van der Waals surface area (Å²) in [5.41, 5.74) is 0.0301. The molecule has 0 aromatic heterocycles. The van der Waals surface area contributed by atoms with Gasteiger partial charge in [0.1, 0.15) is 0 Å². The molecule has 1 atom stereocenters. The Bertz CT molecular complexity index is 197. The first-order valence-corrected chi connectivity index (χ1v) is 7.37. The summed E-state index contributed by atoms with van der Waals surface area (Å²) in [5.74, 6) is 0.899. The van der Waals surface area contributed by atoms with Gasteiger partial charge >= 0.3 is 0 Å². The largest absolute Gasteiger partial charge is 0.379 e. The zero-order chi connectivity index (χ0) is 12.7. The molecule has 0 radical (unpaired) electrons. The van der Waals surface area contributed by atoms with Gasteiger partial charge in [-0.1, -0.05) is 26.2 Å². The van der Waals surface area contributed by atoms with E-state index in [9.17, 15) is 0 Å². The molecule has 1 N–H and O–H groups in total. The van der Waals surface area contributed by atoms with E-state index < -0.39 is 0 Å². The monoisotopic (exact) mass is 241 g/mol. The van der Waals surface area contributed by atoms with Crippen molar-refractivity contribution in [2.45, 2.75) is 77.4 Å². The predicted octanol–water partition coefficient (Wildman–Crippen LogP) is 3.75. The fourth-order valence-electron chi connectivity index (χ4n) is 2.91. The molecule has 0 aliphatic heterocycles. The molecule has 1 rings (SSSR count). The summed E-state index contributed by atoms with van der Waals surface area (Å²) in [7, 11) is 1.82. The second-order valence-electron chi connectivity index (χ2n) is 6.06. The van der Waals surface area contributed by atoms with Crippen molar-refractivity contribution in [3.05, 3.63) is 0 Å². The van der Waals surface area contributed by atoms with Gasteiger partial charge in [0.05, 0.1) is 5.60 Å². The molecule has 0 saturated heterocycles. The van der Waals surface area contributed by atoms with Crippen molar-refractivity contribution in [3.63, 3.8) is 0 Å². The second kappa shape index (κ2) is 7.38. The van der Waals surface area contributed by atoms with E-state index in [1.54, 1.807) is 0 Å². The third kappa shape index (κ3) is 5.39. The number of hydrogen-bond acceptors (Lipinski definition) is 2. The summed E-state index contributed by atoms with van der Waals surface area (Å²) >= 11 is 0. The van der Waals surface area contributed by atoms with Crippen LogP contribution < -0.4 is 5.32 Å². The minimum atomic E-state index is 0.0301. The van der Waals surface area contributed by atoms with Crippen LogP contribution in [0, 0.1) is 5.92 Å². The van der Waals surface area contributed by atoms with Crippen molar-refractivity contribution in [1.29, 1.82) is 0 Å². The van der Waals surface area contributed by atoms with E-state index in [0.717, 1.165) is 18.9 Å². The average Bonchev–Trinajstić information content (AvgIpc) is 2.35. The third-order valence-electron chi connectivity index (χ3n) is 4.30. The number of ether oxygens (including phenoxy) is 1. The molecule has 0 spiro atoms. The van der Waals surface area contributed by atoms with E-state index in [1.807, 2.05) is 7.11 Å². The zero-order valence-electron chi connectivity index (χ0n) is 12.2. The maximum atomic E-state index is 5.53. The van der Waals surface area contributed by atoms with Crippen molar-refractivity contribution >= 4 is 0 Å². The lowest BCUT2D eigenvalue weighted by atomic mass is 9.81. The van der Waals surface area contributed by atoms with E-state index in [0.29, 0.717) is 6.04 Å². The van der Waals surface area contributed by atoms with Gasteiger partial charge in [-0.2, -0.15) is 0 Å². The van der Waals surface area contributed by atoms with Crippen LogP contribution in [0.1, 0.15) is 65.7 Å². The van der Waals surface area contributed by atoms with Gasteiger partial charge in [0, 0.05) is 13.2 Å². The Morgan fingerprint density at radius 2 is 1.88 bits per heavy atom. The zero-order valence-corrected chi connectivity index (χ0v) is 12.2. The summed E-state index contributed by atoms with van der Waals surface area (Å²) in [6, 6.07) is 0.703. The quantitative estimate of drug-likeness (QED) is 0.733. The number of methoxy groups -OCH3 is 1. The number of nitrogens with one attached hydrogen (secondary N) is 1. The van der Waals surface area contributed by atoms with Crippen molar-refractivity contribution in [2.24, 2.45) is 5.92 Å². The molecular formula is C15H31NO. The van der Waals surface area contributed by atoms with Gasteiger partial charge in [-0.25, -0.2) is 0 Å². The molecule has 0 aromatic rings. The van der Waals surface area contributed by atoms with Crippen LogP contribution in [-0.4, -0.2) is 25.3 Å². The Labute approximate surface area is 108 Å². The summed E-state index contributed by atoms with van der Waals surface area (Å²) in [5, 5.41) is 3.69. The lowest BCUT2D eigenvalue weighted by molar-refractivity contribution is 0.00960. The van der Waals surface area contributed by atoms with Gasteiger partial charge in [-0.15, -0.1) is 0 Å². The van der Waals surface area contributed by atoms with Gasteiger partial charge in [0.2, 0.25) is 0 Å². The van der Waals surface area contributed by atoms with E-state index in [1.165, 1.54) is 38.5 Å². The van der Waals surface area contributed by atoms with Crippen molar-refractivity contribution in [3.8, 4) is 0 Å². The lowest BCUT2D eigenvalue weighted by Gasteiger charge is -2.33. The van der Waals surface area contributed by atoms with Crippen molar-refractivity contribution in [2.75, 3.05) is 13.7 Å². The first kappa shape index (κ1) is 15.0. The van der Waals surface area contributed by atoms with Gasteiger partial charge in [0.25, 0.3) is 0 Å². The molecule has 0 heterocycles. The molecule has 1 aliphatic carbocycles. The Balaban J connectivity index is 2.41. The summed E-state index contributed by atoms with van der Waals surface area (Å²) < 4.78 is 5.53. The molecule has 0 amide bonds. The SMILES string of the molecule is CCNC(CCC(C)(C)OC)C1CCCCC1. The highest BCUT2D eigenvalue weighted by molar-refractivity contribution is 4.81. The highest BCUT2D eigenvalue weighted by Crippen LogP contribution is 2.29. The van der Waals surface area contributed by atoms with Crippen molar-refractivity contribution < 1.29 is 4.74 Å². The highest BCUT2D eigenvalue weighted by atomic mass is 16.5. The second-order valence-corrected chi connectivity index (χ2v) is 6.06. The van der Waals surface area contributed by atoms with Crippen LogP contribution in [0.2, 0.25) is 0 Å². The average molecular weight is 241 g/mol. The van der Waals surface area contributed by atoms with Gasteiger partial charge in [0.15, 0.2) is 0 Å². The molecule has 1 unspecified atom stereocenters. The molecule has 1 fully saturated rings. The first-order chi connectivity index (χ1) is 8.09. The standard InChI is InChI=1S/C15H31NO/c1-5-16-14(11-12-15(2,3)17-4)13-9-7-6-8-10-13/h13-14,16H,5-12H2,1-4H3. The summed E-state index contributed by atoms with van der Waals surface area (Å²) in [6.45, 7) is 7.69. The normalized spacial score (nSPS) is 20.5. The van der Waals surface area contributed by atoms with Crippen LogP contribution in [0.3, 0.4) is 0 Å². The van der Waals surface area contributed by atoms with Gasteiger partial charge < -0.3 is 10.1 Å². The minimum absolute atomic E-state index is 0.0301. The first-order valence-electron chi connectivity index (χ1n) is 7.37. The summed E-state index contributed by atoms with van der Waals surface area (Å²) in [4.78, 5) is 0. The lowest BCUT2D eigenvalue weighted by Crippen LogP contribution is -2.39. The Morgan fingerprint density at radius 3 is 2.41 bits per heavy atom. The molecule has 1 saturated carbocycles. The fourth-order valence-corrected chi connectivity index (χ4v) is 2.91. The molecular weight excluding hydrogens is 210 g/mol. The maximum Gasteiger partial charge on any atom is 0.0623 e. The van der Waals surface area contributed by atoms with Crippen LogP contribution >= 0.6 is 0 Å². The van der Waals surface area contributed by atoms with Crippen LogP contribution in [0.15, 0.2) is 0 Å².